The number of fused-ring (bicyclic) bond motifs is 1. The second kappa shape index (κ2) is 6.35. The van der Waals surface area contributed by atoms with Crippen molar-refractivity contribution in [3.8, 4) is 0 Å². The van der Waals surface area contributed by atoms with E-state index in [9.17, 15) is 18.0 Å². The number of rotatable bonds is 3. The lowest BCUT2D eigenvalue weighted by atomic mass is 9.85. The summed E-state index contributed by atoms with van der Waals surface area (Å²) in [5.41, 5.74) is 1.76. The number of hydrogen-bond donors (Lipinski definition) is 2. The maximum atomic E-state index is 12.7. The third kappa shape index (κ3) is 3.75. The molecule has 0 aliphatic heterocycles. The third-order valence-electron chi connectivity index (χ3n) is 4.61. The number of halogens is 3. The molecule has 0 radical (unpaired) electrons. The Morgan fingerprint density at radius 2 is 1.87 bits per heavy atom. The molecule has 0 unspecified atom stereocenters. The van der Waals surface area contributed by atoms with Gasteiger partial charge >= 0.3 is 6.18 Å². The summed E-state index contributed by atoms with van der Waals surface area (Å²) in [5, 5.41) is 3.97. The van der Waals surface area contributed by atoms with Gasteiger partial charge in [0.1, 0.15) is 0 Å². The van der Waals surface area contributed by atoms with Gasteiger partial charge in [-0.25, -0.2) is 0 Å². The fourth-order valence-electron chi connectivity index (χ4n) is 3.22. The molecule has 2 N–H and O–H groups in total. The van der Waals surface area contributed by atoms with Gasteiger partial charge in [-0.05, 0) is 43.4 Å². The van der Waals surface area contributed by atoms with Crippen molar-refractivity contribution in [3.05, 3.63) is 46.2 Å². The molecule has 1 aliphatic carbocycles. The van der Waals surface area contributed by atoms with Gasteiger partial charge in [0.25, 0.3) is 0 Å². The van der Waals surface area contributed by atoms with E-state index in [0.717, 1.165) is 11.1 Å². The first-order valence-electron chi connectivity index (χ1n) is 7.84. The summed E-state index contributed by atoms with van der Waals surface area (Å²) in [4.78, 5) is 14.7. The van der Waals surface area contributed by atoms with E-state index < -0.39 is 12.1 Å². The monoisotopic (exact) mass is 324 g/mol. The van der Waals surface area contributed by atoms with E-state index in [0.29, 0.717) is 24.8 Å². The Kier molecular flexibility index (Phi) is 4.43. The van der Waals surface area contributed by atoms with Gasteiger partial charge in [0.05, 0.1) is 5.92 Å². The van der Waals surface area contributed by atoms with E-state index in [1.165, 1.54) is 6.07 Å². The average Bonchev–Trinajstić information content (AvgIpc) is 2.52. The van der Waals surface area contributed by atoms with Crippen LogP contribution in [0.25, 0.3) is 10.9 Å². The highest BCUT2D eigenvalue weighted by molar-refractivity contribution is 5.78. The van der Waals surface area contributed by atoms with Gasteiger partial charge in [-0.2, -0.15) is 13.2 Å². The number of hydrogen-bond acceptors (Lipinski definition) is 2. The number of alkyl halides is 3. The summed E-state index contributed by atoms with van der Waals surface area (Å²) in [7, 11) is 0. The molecule has 3 rings (SSSR count). The third-order valence-corrected chi connectivity index (χ3v) is 4.61. The van der Waals surface area contributed by atoms with Crippen molar-refractivity contribution < 1.29 is 13.2 Å². The molecular weight excluding hydrogens is 305 g/mol. The maximum absolute atomic E-state index is 12.7. The minimum atomic E-state index is -4.06. The zero-order valence-corrected chi connectivity index (χ0v) is 12.6. The topological polar surface area (TPSA) is 44.9 Å². The molecule has 0 amide bonds. The molecule has 23 heavy (non-hydrogen) atoms. The highest BCUT2D eigenvalue weighted by atomic mass is 19.4. The molecule has 0 bridgehead atoms. The van der Waals surface area contributed by atoms with Crippen LogP contribution in [-0.2, 0) is 6.54 Å². The van der Waals surface area contributed by atoms with Crippen molar-refractivity contribution in [3.63, 3.8) is 0 Å². The molecule has 1 fully saturated rings. The predicted octanol–water partition coefficient (Wildman–Crippen LogP) is 3.74. The summed E-state index contributed by atoms with van der Waals surface area (Å²) in [6.45, 7) is 0.591. The van der Waals surface area contributed by atoms with Crippen LogP contribution in [0.15, 0.2) is 35.3 Å². The van der Waals surface area contributed by atoms with E-state index in [2.05, 4.69) is 10.3 Å². The first-order valence-corrected chi connectivity index (χ1v) is 7.84. The van der Waals surface area contributed by atoms with Gasteiger partial charge < -0.3 is 10.3 Å². The molecule has 6 heteroatoms. The zero-order valence-electron chi connectivity index (χ0n) is 12.6. The Morgan fingerprint density at radius 3 is 2.57 bits per heavy atom. The standard InChI is InChI=1S/C17H19F3N2O/c18-17(19,20)12-2-4-13(5-3-12)22-10-11-1-6-14-15(9-11)21-8-7-16(14)23/h1,6-9,12-13,22H,2-5,10H2,(H,21,23). The van der Waals surface area contributed by atoms with E-state index >= 15 is 0 Å². The van der Waals surface area contributed by atoms with Crippen LogP contribution in [0, 0.1) is 5.92 Å². The molecule has 1 saturated carbocycles. The van der Waals surface area contributed by atoms with Crippen molar-refractivity contribution in [1.29, 1.82) is 0 Å². The van der Waals surface area contributed by atoms with E-state index in [4.69, 9.17) is 0 Å². The van der Waals surface area contributed by atoms with Crippen molar-refractivity contribution in [1.82, 2.24) is 10.3 Å². The van der Waals surface area contributed by atoms with Crippen LogP contribution < -0.4 is 10.7 Å². The van der Waals surface area contributed by atoms with Crippen molar-refractivity contribution in [2.24, 2.45) is 5.92 Å². The lowest BCUT2D eigenvalue weighted by Gasteiger charge is -2.30. The summed E-state index contributed by atoms with van der Waals surface area (Å²) in [5.74, 6) is -1.15. The highest BCUT2D eigenvalue weighted by Gasteiger charge is 2.41. The molecule has 1 aromatic carbocycles. The molecule has 0 spiro atoms. The van der Waals surface area contributed by atoms with Crippen LogP contribution >= 0.6 is 0 Å². The molecular formula is C17H19F3N2O. The Bertz CT molecular complexity index is 730. The van der Waals surface area contributed by atoms with Gasteiger partial charge in [-0.15, -0.1) is 0 Å². The van der Waals surface area contributed by atoms with Gasteiger partial charge in [0.2, 0.25) is 0 Å². The highest BCUT2D eigenvalue weighted by Crippen LogP contribution is 2.37. The van der Waals surface area contributed by atoms with Crippen LogP contribution in [0.3, 0.4) is 0 Å². The summed E-state index contributed by atoms with van der Waals surface area (Å²) < 4.78 is 38.0. The first-order chi connectivity index (χ1) is 10.9. The fourth-order valence-corrected chi connectivity index (χ4v) is 3.22. The smallest absolute Gasteiger partial charge is 0.361 e. The molecule has 124 valence electrons. The minimum absolute atomic E-state index is 0.0243. The van der Waals surface area contributed by atoms with Crippen LogP contribution in [0.4, 0.5) is 13.2 Å². The summed E-state index contributed by atoms with van der Waals surface area (Å²) >= 11 is 0. The molecule has 0 atom stereocenters. The molecule has 1 aliphatic rings. The van der Waals surface area contributed by atoms with Crippen molar-refractivity contribution in [2.45, 2.75) is 44.4 Å². The van der Waals surface area contributed by atoms with E-state index in [1.807, 2.05) is 12.1 Å². The lowest BCUT2D eigenvalue weighted by Crippen LogP contribution is -2.36. The Morgan fingerprint density at radius 1 is 1.13 bits per heavy atom. The van der Waals surface area contributed by atoms with E-state index in [-0.39, 0.29) is 24.3 Å². The maximum Gasteiger partial charge on any atom is 0.391 e. The normalized spacial score (nSPS) is 22.4. The second-order valence-electron chi connectivity index (χ2n) is 6.19. The Hall–Kier alpha value is -1.82. The summed E-state index contributed by atoms with van der Waals surface area (Å²) in [6, 6.07) is 7.18. The quantitative estimate of drug-likeness (QED) is 0.903. The van der Waals surface area contributed by atoms with Crippen molar-refractivity contribution in [2.75, 3.05) is 0 Å². The molecule has 1 heterocycles. The number of nitrogens with one attached hydrogen (secondary N) is 2. The number of aromatic amines is 1. The second-order valence-corrected chi connectivity index (χ2v) is 6.19. The first kappa shape index (κ1) is 16.1. The van der Waals surface area contributed by atoms with Gasteiger partial charge in [0, 0.05) is 35.8 Å². The van der Waals surface area contributed by atoms with Crippen molar-refractivity contribution >= 4 is 10.9 Å². The largest absolute Gasteiger partial charge is 0.391 e. The fraction of sp³-hybridized carbons (Fsp3) is 0.471. The lowest BCUT2D eigenvalue weighted by molar-refractivity contribution is -0.182. The SMILES string of the molecule is O=c1cc[nH]c2cc(CNC3CCC(C(F)(F)F)CC3)ccc12. The number of pyridine rings is 1. The average molecular weight is 324 g/mol. The molecule has 2 aromatic rings. The minimum Gasteiger partial charge on any atom is -0.361 e. The van der Waals surface area contributed by atoms with E-state index in [1.54, 1.807) is 12.3 Å². The van der Waals surface area contributed by atoms with Crippen LogP contribution in [0.1, 0.15) is 31.2 Å². The zero-order chi connectivity index (χ0) is 16.4. The molecule has 3 nitrogen and oxygen atoms in total. The Labute approximate surface area is 131 Å². The van der Waals surface area contributed by atoms with Gasteiger partial charge in [0.15, 0.2) is 5.43 Å². The molecule has 0 saturated heterocycles. The van der Waals surface area contributed by atoms with Crippen LogP contribution in [0.5, 0.6) is 0 Å². The number of aromatic nitrogens is 1. The molecule has 1 aromatic heterocycles. The Balaban J connectivity index is 1.58. The number of benzene rings is 1. The van der Waals surface area contributed by atoms with Gasteiger partial charge in [-0.3, -0.25) is 4.79 Å². The number of H-pyrrole nitrogens is 1. The predicted molar refractivity (Wildman–Crippen MR) is 83.2 cm³/mol. The van der Waals surface area contributed by atoms with Crippen LogP contribution in [0.2, 0.25) is 0 Å². The van der Waals surface area contributed by atoms with Gasteiger partial charge in [-0.1, -0.05) is 6.07 Å². The summed E-state index contributed by atoms with van der Waals surface area (Å²) in [6.07, 6.45) is -0.947. The van der Waals surface area contributed by atoms with Crippen LogP contribution in [-0.4, -0.2) is 17.2 Å².